The highest BCUT2D eigenvalue weighted by Gasteiger charge is 2.16. The standard InChI is InChI=1S/C9H21NO3S/c1-7(8(6-11)14-4)10-5-9(12-2)13-3/h7-11H,5-6H2,1-4H3. The molecule has 0 saturated carbocycles. The van der Waals surface area contributed by atoms with Crippen molar-refractivity contribution in [1.82, 2.24) is 5.32 Å². The van der Waals surface area contributed by atoms with Gasteiger partial charge in [0.1, 0.15) is 0 Å². The first kappa shape index (κ1) is 14.2. The molecule has 14 heavy (non-hydrogen) atoms. The van der Waals surface area contributed by atoms with Gasteiger partial charge in [-0.2, -0.15) is 11.8 Å². The van der Waals surface area contributed by atoms with E-state index in [2.05, 4.69) is 5.32 Å². The molecule has 0 heterocycles. The molecule has 0 aliphatic heterocycles. The van der Waals surface area contributed by atoms with Crippen LogP contribution in [0.3, 0.4) is 0 Å². The Balaban J connectivity index is 3.75. The van der Waals surface area contributed by atoms with E-state index in [1.165, 1.54) is 0 Å². The van der Waals surface area contributed by atoms with Crippen LogP contribution in [0.25, 0.3) is 0 Å². The molecule has 0 rings (SSSR count). The molecule has 2 N–H and O–H groups in total. The predicted molar refractivity (Wildman–Crippen MR) is 59.7 cm³/mol. The van der Waals surface area contributed by atoms with Gasteiger partial charge in [-0.05, 0) is 13.2 Å². The van der Waals surface area contributed by atoms with Crippen LogP contribution in [0.5, 0.6) is 0 Å². The lowest BCUT2D eigenvalue weighted by molar-refractivity contribution is -0.0997. The summed E-state index contributed by atoms with van der Waals surface area (Å²) in [7, 11) is 3.22. The number of hydrogen-bond acceptors (Lipinski definition) is 5. The quantitative estimate of drug-likeness (QED) is 0.580. The van der Waals surface area contributed by atoms with Crippen molar-refractivity contribution in [3.63, 3.8) is 0 Å². The number of ether oxygens (including phenoxy) is 2. The van der Waals surface area contributed by atoms with Crippen LogP contribution < -0.4 is 5.32 Å². The molecular weight excluding hydrogens is 202 g/mol. The normalized spacial score (nSPS) is 15.9. The summed E-state index contributed by atoms with van der Waals surface area (Å²) in [5.41, 5.74) is 0. The van der Waals surface area contributed by atoms with Crippen LogP contribution in [0.4, 0.5) is 0 Å². The van der Waals surface area contributed by atoms with Gasteiger partial charge in [0.15, 0.2) is 6.29 Å². The predicted octanol–water partition coefficient (Wildman–Crippen LogP) is 0.307. The van der Waals surface area contributed by atoms with E-state index in [4.69, 9.17) is 14.6 Å². The van der Waals surface area contributed by atoms with Crippen LogP contribution in [0.15, 0.2) is 0 Å². The molecule has 4 nitrogen and oxygen atoms in total. The van der Waals surface area contributed by atoms with Crippen LogP contribution >= 0.6 is 11.8 Å². The molecule has 86 valence electrons. The number of rotatable bonds is 8. The van der Waals surface area contributed by atoms with Crippen LogP contribution in [-0.4, -0.2) is 56.3 Å². The largest absolute Gasteiger partial charge is 0.395 e. The van der Waals surface area contributed by atoms with Crippen molar-refractivity contribution in [2.75, 3.05) is 33.6 Å². The molecule has 0 aromatic carbocycles. The van der Waals surface area contributed by atoms with E-state index in [1.807, 2.05) is 13.2 Å². The van der Waals surface area contributed by atoms with Gasteiger partial charge in [0.2, 0.25) is 0 Å². The molecule has 2 atom stereocenters. The third kappa shape index (κ3) is 5.17. The molecule has 0 aliphatic carbocycles. The van der Waals surface area contributed by atoms with E-state index in [9.17, 15) is 0 Å². The highest BCUT2D eigenvalue weighted by atomic mass is 32.2. The molecule has 0 amide bonds. The monoisotopic (exact) mass is 223 g/mol. The van der Waals surface area contributed by atoms with Crippen LogP contribution in [0.2, 0.25) is 0 Å². The summed E-state index contributed by atoms with van der Waals surface area (Å²) in [6.07, 6.45) is 1.77. The first-order chi connectivity index (χ1) is 6.69. The first-order valence-electron chi connectivity index (χ1n) is 4.62. The molecule has 0 aliphatic rings. The first-order valence-corrected chi connectivity index (χ1v) is 5.91. The average Bonchev–Trinajstić information content (AvgIpc) is 2.21. The molecule has 0 bridgehead atoms. The number of methoxy groups -OCH3 is 2. The van der Waals surface area contributed by atoms with Gasteiger partial charge in [-0.25, -0.2) is 0 Å². The number of aliphatic hydroxyl groups excluding tert-OH is 1. The van der Waals surface area contributed by atoms with Crippen molar-refractivity contribution < 1.29 is 14.6 Å². The minimum atomic E-state index is -0.223. The molecule has 0 saturated heterocycles. The summed E-state index contributed by atoms with van der Waals surface area (Å²) >= 11 is 1.65. The fourth-order valence-corrected chi connectivity index (χ4v) is 1.77. The minimum Gasteiger partial charge on any atom is -0.395 e. The third-order valence-electron chi connectivity index (χ3n) is 2.17. The van der Waals surface area contributed by atoms with Gasteiger partial charge in [0.25, 0.3) is 0 Å². The lowest BCUT2D eigenvalue weighted by Gasteiger charge is -2.23. The molecule has 2 unspecified atom stereocenters. The van der Waals surface area contributed by atoms with Crippen molar-refractivity contribution in [2.24, 2.45) is 0 Å². The lowest BCUT2D eigenvalue weighted by Crippen LogP contribution is -2.42. The molecule has 0 aromatic heterocycles. The van der Waals surface area contributed by atoms with Crippen LogP contribution in [0.1, 0.15) is 6.92 Å². The number of aliphatic hydroxyl groups is 1. The highest BCUT2D eigenvalue weighted by Crippen LogP contribution is 2.10. The van der Waals surface area contributed by atoms with Crippen molar-refractivity contribution in [1.29, 1.82) is 0 Å². The summed E-state index contributed by atoms with van der Waals surface area (Å²) in [4.78, 5) is 0. The molecule has 0 aromatic rings. The Bertz CT molecular complexity index is 129. The van der Waals surface area contributed by atoms with Crippen molar-refractivity contribution in [3.05, 3.63) is 0 Å². The Morgan fingerprint density at radius 2 is 1.93 bits per heavy atom. The van der Waals surface area contributed by atoms with Crippen molar-refractivity contribution in [2.45, 2.75) is 24.5 Å². The lowest BCUT2D eigenvalue weighted by atomic mass is 10.2. The van der Waals surface area contributed by atoms with E-state index in [-0.39, 0.29) is 24.2 Å². The zero-order valence-corrected chi connectivity index (χ0v) is 10.1. The van der Waals surface area contributed by atoms with Crippen LogP contribution in [-0.2, 0) is 9.47 Å². The summed E-state index contributed by atoms with van der Waals surface area (Å²) < 4.78 is 10.1. The van der Waals surface area contributed by atoms with E-state index >= 15 is 0 Å². The van der Waals surface area contributed by atoms with Gasteiger partial charge in [-0.1, -0.05) is 0 Å². The molecule has 0 fully saturated rings. The smallest absolute Gasteiger partial charge is 0.169 e. The van der Waals surface area contributed by atoms with Gasteiger partial charge in [-0.15, -0.1) is 0 Å². The fraction of sp³-hybridized carbons (Fsp3) is 1.00. The summed E-state index contributed by atoms with van der Waals surface area (Å²) in [6.45, 7) is 2.85. The Kier molecular flexibility index (Phi) is 8.61. The van der Waals surface area contributed by atoms with E-state index in [0.29, 0.717) is 6.54 Å². The van der Waals surface area contributed by atoms with Gasteiger partial charge in [0, 0.05) is 32.1 Å². The van der Waals surface area contributed by atoms with Gasteiger partial charge in [0.05, 0.1) is 6.61 Å². The molecular formula is C9H21NO3S. The number of thioether (sulfide) groups is 1. The SMILES string of the molecule is COC(CNC(C)C(CO)SC)OC. The number of nitrogens with one attached hydrogen (secondary N) is 1. The fourth-order valence-electron chi connectivity index (χ4n) is 1.11. The molecule has 5 heteroatoms. The van der Waals surface area contributed by atoms with E-state index in [0.717, 1.165) is 0 Å². The third-order valence-corrected chi connectivity index (χ3v) is 3.34. The van der Waals surface area contributed by atoms with Gasteiger partial charge < -0.3 is 19.9 Å². The molecule has 0 radical (unpaired) electrons. The van der Waals surface area contributed by atoms with Gasteiger partial charge >= 0.3 is 0 Å². The highest BCUT2D eigenvalue weighted by molar-refractivity contribution is 7.99. The number of hydrogen-bond donors (Lipinski definition) is 2. The summed E-state index contributed by atoms with van der Waals surface area (Å²) in [6, 6.07) is 0.239. The van der Waals surface area contributed by atoms with E-state index < -0.39 is 0 Å². The maximum Gasteiger partial charge on any atom is 0.169 e. The van der Waals surface area contributed by atoms with E-state index in [1.54, 1.807) is 26.0 Å². The zero-order chi connectivity index (χ0) is 11.0. The van der Waals surface area contributed by atoms with Crippen molar-refractivity contribution >= 4 is 11.8 Å². The van der Waals surface area contributed by atoms with Crippen LogP contribution in [0, 0.1) is 0 Å². The maximum atomic E-state index is 9.05. The second-order valence-corrected chi connectivity index (χ2v) is 4.13. The Hall–Kier alpha value is 0.190. The Morgan fingerprint density at radius 1 is 1.36 bits per heavy atom. The molecule has 0 spiro atoms. The zero-order valence-electron chi connectivity index (χ0n) is 9.32. The maximum absolute atomic E-state index is 9.05. The minimum absolute atomic E-state index is 0.181. The van der Waals surface area contributed by atoms with Gasteiger partial charge in [-0.3, -0.25) is 0 Å². The second kappa shape index (κ2) is 8.49. The second-order valence-electron chi connectivity index (χ2n) is 3.05. The Morgan fingerprint density at radius 3 is 2.29 bits per heavy atom. The Labute approximate surface area is 90.4 Å². The summed E-state index contributed by atoms with van der Waals surface area (Å²) in [5.74, 6) is 0. The topological polar surface area (TPSA) is 50.7 Å². The average molecular weight is 223 g/mol. The van der Waals surface area contributed by atoms with Crippen molar-refractivity contribution in [3.8, 4) is 0 Å². The summed E-state index contributed by atoms with van der Waals surface area (Å²) in [5, 5.41) is 12.5.